The molecule has 1 aliphatic rings. The van der Waals surface area contributed by atoms with Gasteiger partial charge >= 0.3 is 0 Å². The van der Waals surface area contributed by atoms with Gasteiger partial charge in [-0.3, -0.25) is 9.59 Å². The van der Waals surface area contributed by atoms with E-state index in [-0.39, 0.29) is 5.78 Å². The third-order valence-corrected chi connectivity index (χ3v) is 2.06. The summed E-state index contributed by atoms with van der Waals surface area (Å²) in [5.74, 6) is 0.528. The standard InChI is InChI=1S/C10H9NO3/c1-6(13)7-2-3-8-9(4-7)14-10(5-12)11-8/h2-5,10-11H,1H3. The first-order chi connectivity index (χ1) is 6.70. The predicted octanol–water partition coefficient (Wildman–Crippen LogP) is 1.22. The lowest BCUT2D eigenvalue weighted by molar-refractivity contribution is -0.112. The topological polar surface area (TPSA) is 55.4 Å². The molecule has 0 bridgehead atoms. The normalized spacial score (nSPS) is 17.9. The van der Waals surface area contributed by atoms with Gasteiger partial charge in [-0.05, 0) is 25.1 Å². The highest BCUT2D eigenvalue weighted by Crippen LogP contribution is 2.32. The average Bonchev–Trinajstić information content (AvgIpc) is 2.58. The van der Waals surface area contributed by atoms with Crippen LogP contribution in [0.4, 0.5) is 5.69 Å². The number of hydrogen-bond acceptors (Lipinski definition) is 4. The van der Waals surface area contributed by atoms with Gasteiger partial charge in [0, 0.05) is 5.56 Å². The van der Waals surface area contributed by atoms with Crippen LogP contribution in [-0.2, 0) is 4.79 Å². The minimum Gasteiger partial charge on any atom is -0.461 e. The summed E-state index contributed by atoms with van der Waals surface area (Å²) in [6, 6.07) is 5.06. The molecule has 1 unspecified atom stereocenters. The summed E-state index contributed by atoms with van der Waals surface area (Å²) in [7, 11) is 0. The van der Waals surface area contributed by atoms with E-state index in [1.807, 2.05) is 0 Å². The minimum atomic E-state index is -0.632. The van der Waals surface area contributed by atoms with E-state index in [0.29, 0.717) is 17.6 Å². The first kappa shape index (κ1) is 8.74. The summed E-state index contributed by atoms with van der Waals surface area (Å²) < 4.78 is 5.22. The monoisotopic (exact) mass is 191 g/mol. The average molecular weight is 191 g/mol. The number of anilines is 1. The van der Waals surface area contributed by atoms with Crippen LogP contribution in [0.25, 0.3) is 0 Å². The molecule has 1 N–H and O–H groups in total. The second kappa shape index (κ2) is 3.14. The van der Waals surface area contributed by atoms with Crippen molar-refractivity contribution in [2.45, 2.75) is 13.2 Å². The molecule has 14 heavy (non-hydrogen) atoms. The van der Waals surface area contributed by atoms with E-state index in [4.69, 9.17) is 4.74 Å². The van der Waals surface area contributed by atoms with Crippen molar-refractivity contribution < 1.29 is 14.3 Å². The van der Waals surface area contributed by atoms with Crippen LogP contribution in [0.1, 0.15) is 17.3 Å². The molecule has 0 saturated heterocycles. The van der Waals surface area contributed by atoms with Crippen molar-refractivity contribution in [3.63, 3.8) is 0 Å². The molecule has 1 aromatic carbocycles. The number of rotatable bonds is 2. The number of ketones is 1. The molecular weight excluding hydrogens is 182 g/mol. The van der Waals surface area contributed by atoms with Gasteiger partial charge in [0.1, 0.15) is 5.75 Å². The molecule has 72 valence electrons. The quantitative estimate of drug-likeness (QED) is 0.564. The van der Waals surface area contributed by atoms with Gasteiger partial charge < -0.3 is 10.1 Å². The molecule has 1 heterocycles. The summed E-state index contributed by atoms with van der Waals surface area (Å²) in [5.41, 5.74) is 1.32. The molecule has 0 spiro atoms. The Morgan fingerprint density at radius 1 is 1.57 bits per heavy atom. The van der Waals surface area contributed by atoms with Gasteiger partial charge in [-0.2, -0.15) is 0 Å². The van der Waals surface area contributed by atoms with E-state index < -0.39 is 6.23 Å². The van der Waals surface area contributed by atoms with Crippen molar-refractivity contribution in [1.82, 2.24) is 0 Å². The molecule has 4 heteroatoms. The van der Waals surface area contributed by atoms with Gasteiger partial charge in [-0.1, -0.05) is 0 Å². The fraction of sp³-hybridized carbons (Fsp3) is 0.200. The van der Waals surface area contributed by atoms with Crippen LogP contribution in [0.3, 0.4) is 0 Å². The maximum Gasteiger partial charge on any atom is 0.226 e. The third-order valence-electron chi connectivity index (χ3n) is 2.06. The Morgan fingerprint density at radius 2 is 2.36 bits per heavy atom. The molecule has 0 saturated carbocycles. The van der Waals surface area contributed by atoms with Crippen molar-refractivity contribution in [2.24, 2.45) is 0 Å². The van der Waals surface area contributed by atoms with Crippen LogP contribution in [0, 0.1) is 0 Å². The lowest BCUT2D eigenvalue weighted by Gasteiger charge is -2.00. The summed E-state index contributed by atoms with van der Waals surface area (Å²) in [4.78, 5) is 21.5. The second-order valence-corrected chi connectivity index (χ2v) is 3.09. The molecule has 0 fully saturated rings. The van der Waals surface area contributed by atoms with Crippen molar-refractivity contribution in [3.05, 3.63) is 23.8 Å². The maximum absolute atomic E-state index is 11.1. The molecule has 1 aliphatic heterocycles. The first-order valence-corrected chi connectivity index (χ1v) is 4.24. The Kier molecular flexibility index (Phi) is 1.96. The number of carbonyl (C=O) groups is 2. The van der Waals surface area contributed by atoms with E-state index in [9.17, 15) is 9.59 Å². The molecule has 1 atom stereocenters. The highest BCUT2D eigenvalue weighted by molar-refractivity contribution is 5.95. The Bertz CT molecular complexity index is 400. The van der Waals surface area contributed by atoms with Gasteiger partial charge in [0.05, 0.1) is 5.69 Å². The van der Waals surface area contributed by atoms with Crippen molar-refractivity contribution in [1.29, 1.82) is 0 Å². The Morgan fingerprint density at radius 3 is 3.00 bits per heavy atom. The SMILES string of the molecule is CC(=O)c1ccc2c(c1)OC(C=O)N2. The summed E-state index contributed by atoms with van der Waals surface area (Å²) >= 11 is 0. The van der Waals surface area contributed by atoms with Crippen molar-refractivity contribution in [3.8, 4) is 5.75 Å². The molecular formula is C10H9NO3. The lowest BCUT2D eigenvalue weighted by atomic mass is 10.1. The fourth-order valence-electron chi connectivity index (χ4n) is 1.34. The van der Waals surface area contributed by atoms with Crippen LogP contribution in [0.15, 0.2) is 18.2 Å². The molecule has 0 aromatic heterocycles. The van der Waals surface area contributed by atoms with Gasteiger partial charge in [0.15, 0.2) is 12.1 Å². The zero-order valence-electron chi connectivity index (χ0n) is 7.61. The predicted molar refractivity (Wildman–Crippen MR) is 50.5 cm³/mol. The van der Waals surface area contributed by atoms with Crippen LogP contribution >= 0.6 is 0 Å². The van der Waals surface area contributed by atoms with Crippen LogP contribution in [-0.4, -0.2) is 18.3 Å². The zero-order valence-corrected chi connectivity index (χ0v) is 7.61. The Balaban J connectivity index is 2.35. The van der Waals surface area contributed by atoms with E-state index in [2.05, 4.69) is 5.32 Å². The maximum atomic E-state index is 11.1. The lowest BCUT2D eigenvalue weighted by Crippen LogP contribution is -2.20. The summed E-state index contributed by atoms with van der Waals surface area (Å²) in [6.45, 7) is 1.49. The molecule has 0 amide bonds. The molecule has 0 aliphatic carbocycles. The molecule has 4 nitrogen and oxygen atoms in total. The molecule has 2 rings (SSSR count). The number of ether oxygens (including phenoxy) is 1. The fourth-order valence-corrected chi connectivity index (χ4v) is 1.34. The second-order valence-electron chi connectivity index (χ2n) is 3.09. The number of hydrogen-bond donors (Lipinski definition) is 1. The number of Topliss-reactive ketones (excluding diaryl/α,β-unsaturated/α-hetero) is 1. The number of aldehydes is 1. The van der Waals surface area contributed by atoms with E-state index in [1.165, 1.54) is 6.92 Å². The van der Waals surface area contributed by atoms with Gasteiger partial charge in [0.2, 0.25) is 6.23 Å². The zero-order chi connectivity index (χ0) is 10.1. The van der Waals surface area contributed by atoms with Crippen molar-refractivity contribution >= 4 is 17.8 Å². The van der Waals surface area contributed by atoms with Crippen LogP contribution in [0.5, 0.6) is 5.75 Å². The van der Waals surface area contributed by atoms with Gasteiger partial charge in [0.25, 0.3) is 0 Å². The largest absolute Gasteiger partial charge is 0.461 e. The highest BCUT2D eigenvalue weighted by Gasteiger charge is 2.21. The smallest absolute Gasteiger partial charge is 0.226 e. The van der Waals surface area contributed by atoms with Crippen LogP contribution < -0.4 is 10.1 Å². The number of carbonyl (C=O) groups excluding carboxylic acids is 2. The van der Waals surface area contributed by atoms with Crippen LogP contribution in [0.2, 0.25) is 0 Å². The minimum absolute atomic E-state index is 0.0223. The molecule has 0 radical (unpaired) electrons. The number of benzene rings is 1. The number of fused-ring (bicyclic) bond motifs is 1. The first-order valence-electron chi connectivity index (χ1n) is 4.24. The summed E-state index contributed by atoms with van der Waals surface area (Å²) in [6.07, 6.45) is 0.0418. The van der Waals surface area contributed by atoms with E-state index >= 15 is 0 Å². The Labute approximate surface area is 80.9 Å². The van der Waals surface area contributed by atoms with Crippen molar-refractivity contribution in [2.75, 3.05) is 5.32 Å². The Hall–Kier alpha value is -1.84. The van der Waals surface area contributed by atoms with Gasteiger partial charge in [-0.25, -0.2) is 0 Å². The third kappa shape index (κ3) is 1.35. The van der Waals surface area contributed by atoms with E-state index in [1.54, 1.807) is 18.2 Å². The van der Waals surface area contributed by atoms with Gasteiger partial charge in [-0.15, -0.1) is 0 Å². The van der Waals surface area contributed by atoms with E-state index in [0.717, 1.165) is 5.69 Å². The highest BCUT2D eigenvalue weighted by atomic mass is 16.5. The molecule has 1 aromatic rings. The summed E-state index contributed by atoms with van der Waals surface area (Å²) in [5, 5.41) is 2.85. The number of nitrogens with one attached hydrogen (secondary N) is 1.